The normalized spacial score (nSPS) is 17.2. The Labute approximate surface area is 198 Å². The van der Waals surface area contributed by atoms with E-state index in [9.17, 15) is 14.4 Å². The number of hydrogen-bond acceptors (Lipinski definition) is 4. The fourth-order valence-electron chi connectivity index (χ4n) is 4.97. The predicted octanol–water partition coefficient (Wildman–Crippen LogP) is 4.37. The number of aromatic nitrogens is 1. The summed E-state index contributed by atoms with van der Waals surface area (Å²) in [4.78, 5) is 41.7. The number of ketones is 1. The topological polar surface area (TPSA) is 88.3 Å². The molecule has 0 spiro atoms. The van der Waals surface area contributed by atoms with Gasteiger partial charge in [-0.05, 0) is 59.6 Å². The second-order valence-corrected chi connectivity index (χ2v) is 9.98. The van der Waals surface area contributed by atoms with Crippen LogP contribution in [0.15, 0.2) is 59.4 Å². The molecule has 1 atom stereocenters. The SMILES string of the molecule is CC1(C)CC(=O)c2cc(C(=O)NC(c3ccccc3)c3ccc4c(c3)CCCO4)c(=O)[nH]c2C1. The maximum absolute atomic E-state index is 13.4. The number of hydrogen-bond donors (Lipinski definition) is 2. The van der Waals surface area contributed by atoms with Crippen LogP contribution in [-0.2, 0) is 12.8 Å². The lowest BCUT2D eigenvalue weighted by Gasteiger charge is -2.30. The molecule has 1 amide bonds. The largest absolute Gasteiger partial charge is 0.493 e. The lowest BCUT2D eigenvalue weighted by Crippen LogP contribution is -2.36. The first-order chi connectivity index (χ1) is 16.3. The van der Waals surface area contributed by atoms with Gasteiger partial charge in [-0.15, -0.1) is 0 Å². The molecule has 0 saturated carbocycles. The Morgan fingerprint density at radius 2 is 1.82 bits per heavy atom. The molecule has 2 aromatic carbocycles. The number of pyridine rings is 1. The molecule has 34 heavy (non-hydrogen) atoms. The van der Waals surface area contributed by atoms with Crippen LogP contribution in [0.4, 0.5) is 0 Å². The van der Waals surface area contributed by atoms with Crippen LogP contribution in [0.1, 0.15) is 75.8 Å². The van der Waals surface area contributed by atoms with E-state index in [2.05, 4.69) is 16.4 Å². The highest BCUT2D eigenvalue weighted by molar-refractivity contribution is 6.02. The van der Waals surface area contributed by atoms with Gasteiger partial charge in [0.2, 0.25) is 0 Å². The Kier molecular flexibility index (Phi) is 5.60. The van der Waals surface area contributed by atoms with Crippen molar-refractivity contribution in [1.82, 2.24) is 10.3 Å². The number of amides is 1. The van der Waals surface area contributed by atoms with Gasteiger partial charge in [-0.3, -0.25) is 14.4 Å². The summed E-state index contributed by atoms with van der Waals surface area (Å²) in [5, 5.41) is 3.04. The Hall–Kier alpha value is -3.67. The molecule has 174 valence electrons. The number of benzene rings is 2. The van der Waals surface area contributed by atoms with E-state index in [4.69, 9.17) is 4.74 Å². The predicted molar refractivity (Wildman–Crippen MR) is 130 cm³/mol. The van der Waals surface area contributed by atoms with Crippen molar-refractivity contribution < 1.29 is 14.3 Å². The van der Waals surface area contributed by atoms with Crippen molar-refractivity contribution >= 4 is 11.7 Å². The zero-order valence-corrected chi connectivity index (χ0v) is 19.4. The lowest BCUT2D eigenvalue weighted by molar-refractivity contribution is 0.0910. The fourth-order valence-corrected chi connectivity index (χ4v) is 4.97. The molecule has 1 aliphatic carbocycles. The standard InChI is InChI=1S/C28H28N2O4/c1-28(2)15-22-20(23(31)16-28)14-21(26(32)29-22)27(33)30-25(17-7-4-3-5-8-17)19-10-11-24-18(13-19)9-6-12-34-24/h3-5,7-8,10-11,13-14,25H,6,9,12,15-16H2,1-2H3,(H,29,32)(H,30,33). The van der Waals surface area contributed by atoms with Crippen molar-refractivity contribution in [3.63, 3.8) is 0 Å². The molecule has 1 aliphatic heterocycles. The van der Waals surface area contributed by atoms with Crippen LogP contribution in [0.5, 0.6) is 5.75 Å². The summed E-state index contributed by atoms with van der Waals surface area (Å²) < 4.78 is 5.74. The minimum absolute atomic E-state index is 0.0472. The molecular formula is C28H28N2O4. The van der Waals surface area contributed by atoms with E-state index in [1.54, 1.807) is 0 Å². The van der Waals surface area contributed by atoms with Gasteiger partial charge in [-0.1, -0.05) is 50.2 Å². The van der Waals surface area contributed by atoms with E-state index in [1.807, 2.05) is 56.3 Å². The van der Waals surface area contributed by atoms with Crippen LogP contribution < -0.4 is 15.6 Å². The molecule has 2 aliphatic rings. The van der Waals surface area contributed by atoms with E-state index in [0.717, 1.165) is 35.3 Å². The Balaban J connectivity index is 1.50. The summed E-state index contributed by atoms with van der Waals surface area (Å²) in [5.74, 6) is 0.316. The molecule has 5 rings (SSSR count). The highest BCUT2D eigenvalue weighted by Crippen LogP contribution is 2.34. The quantitative estimate of drug-likeness (QED) is 0.610. The zero-order valence-electron chi connectivity index (χ0n) is 19.4. The highest BCUT2D eigenvalue weighted by atomic mass is 16.5. The molecule has 2 N–H and O–H groups in total. The minimum atomic E-state index is -0.510. The summed E-state index contributed by atoms with van der Waals surface area (Å²) in [7, 11) is 0. The number of nitrogens with one attached hydrogen (secondary N) is 2. The number of carbonyl (C=O) groups is 2. The molecule has 2 heterocycles. The number of ether oxygens (including phenoxy) is 1. The van der Waals surface area contributed by atoms with Crippen molar-refractivity contribution in [1.29, 1.82) is 0 Å². The van der Waals surface area contributed by atoms with Gasteiger partial charge >= 0.3 is 0 Å². The van der Waals surface area contributed by atoms with Gasteiger partial charge in [0.1, 0.15) is 11.3 Å². The van der Waals surface area contributed by atoms with Crippen LogP contribution in [-0.4, -0.2) is 23.3 Å². The van der Waals surface area contributed by atoms with Crippen LogP contribution in [0.2, 0.25) is 0 Å². The van der Waals surface area contributed by atoms with Crippen LogP contribution >= 0.6 is 0 Å². The highest BCUT2D eigenvalue weighted by Gasteiger charge is 2.33. The van der Waals surface area contributed by atoms with Gasteiger partial charge in [0.25, 0.3) is 11.5 Å². The first kappa shape index (κ1) is 22.1. The zero-order chi connectivity index (χ0) is 23.9. The number of aromatic amines is 1. The first-order valence-electron chi connectivity index (χ1n) is 11.7. The van der Waals surface area contributed by atoms with Crippen molar-refractivity contribution in [2.75, 3.05) is 6.61 Å². The molecule has 0 saturated heterocycles. The van der Waals surface area contributed by atoms with Gasteiger partial charge in [0.05, 0.1) is 12.6 Å². The van der Waals surface area contributed by atoms with Crippen molar-refractivity contribution in [3.05, 3.63) is 98.5 Å². The summed E-state index contributed by atoms with van der Waals surface area (Å²) in [6.07, 6.45) is 2.85. The molecule has 1 aromatic heterocycles. The van der Waals surface area contributed by atoms with Crippen LogP contribution in [0.25, 0.3) is 0 Å². The summed E-state index contributed by atoms with van der Waals surface area (Å²) in [5.41, 5.74) is 3.23. The Morgan fingerprint density at radius 3 is 2.62 bits per heavy atom. The number of carbonyl (C=O) groups excluding carboxylic acids is 2. The maximum atomic E-state index is 13.4. The van der Waals surface area contributed by atoms with Crippen LogP contribution in [0.3, 0.4) is 0 Å². The summed E-state index contributed by atoms with van der Waals surface area (Å²) >= 11 is 0. The van der Waals surface area contributed by atoms with E-state index < -0.39 is 17.5 Å². The van der Waals surface area contributed by atoms with Crippen LogP contribution in [0, 0.1) is 5.41 Å². The molecule has 0 radical (unpaired) electrons. The maximum Gasteiger partial charge on any atom is 0.261 e. The minimum Gasteiger partial charge on any atom is -0.493 e. The number of fused-ring (bicyclic) bond motifs is 2. The van der Waals surface area contributed by atoms with E-state index in [0.29, 0.717) is 30.7 Å². The second kappa shape index (κ2) is 8.60. The Bertz CT molecular complexity index is 1320. The number of H-pyrrole nitrogens is 1. The van der Waals surface area contributed by atoms with Gasteiger partial charge in [0, 0.05) is 17.7 Å². The van der Waals surface area contributed by atoms with Gasteiger partial charge in [-0.2, -0.15) is 0 Å². The van der Waals surface area contributed by atoms with E-state index in [-0.39, 0.29) is 16.8 Å². The number of aryl methyl sites for hydroxylation is 1. The first-order valence-corrected chi connectivity index (χ1v) is 11.7. The average molecular weight is 457 g/mol. The third-order valence-electron chi connectivity index (χ3n) is 6.64. The molecule has 0 bridgehead atoms. The van der Waals surface area contributed by atoms with Crippen molar-refractivity contribution in [2.24, 2.45) is 5.41 Å². The van der Waals surface area contributed by atoms with E-state index >= 15 is 0 Å². The lowest BCUT2D eigenvalue weighted by atomic mass is 9.75. The number of rotatable bonds is 4. The number of Topliss-reactive ketones (excluding diaryl/α,β-unsaturated/α-hetero) is 1. The molecular weight excluding hydrogens is 428 g/mol. The average Bonchev–Trinajstić information content (AvgIpc) is 2.81. The van der Waals surface area contributed by atoms with Gasteiger partial charge < -0.3 is 15.0 Å². The van der Waals surface area contributed by atoms with Gasteiger partial charge in [0.15, 0.2) is 5.78 Å². The fraction of sp³-hybridized carbons (Fsp3) is 0.321. The van der Waals surface area contributed by atoms with Crippen molar-refractivity contribution in [2.45, 2.75) is 45.6 Å². The smallest absolute Gasteiger partial charge is 0.261 e. The molecule has 6 heteroatoms. The second-order valence-electron chi connectivity index (χ2n) is 9.98. The third-order valence-corrected chi connectivity index (χ3v) is 6.64. The summed E-state index contributed by atoms with van der Waals surface area (Å²) in [6.45, 7) is 4.71. The molecule has 0 fully saturated rings. The van der Waals surface area contributed by atoms with Crippen molar-refractivity contribution in [3.8, 4) is 5.75 Å². The Morgan fingerprint density at radius 1 is 1.03 bits per heavy atom. The molecule has 6 nitrogen and oxygen atoms in total. The van der Waals surface area contributed by atoms with Gasteiger partial charge in [-0.25, -0.2) is 0 Å². The monoisotopic (exact) mass is 456 g/mol. The summed E-state index contributed by atoms with van der Waals surface area (Å²) in [6, 6.07) is 16.6. The molecule has 1 unspecified atom stereocenters. The third kappa shape index (κ3) is 4.28. The molecule has 3 aromatic rings. The van der Waals surface area contributed by atoms with E-state index in [1.165, 1.54) is 6.07 Å².